The van der Waals surface area contributed by atoms with Crippen LogP contribution in [0.4, 0.5) is 18.3 Å². The van der Waals surface area contributed by atoms with Gasteiger partial charge in [-0.2, -0.15) is 13.2 Å². The third-order valence-corrected chi connectivity index (χ3v) is 4.85. The van der Waals surface area contributed by atoms with E-state index in [1.807, 2.05) is 13.8 Å². The number of halogens is 3. The number of alkyl halides is 3. The quantitative estimate of drug-likeness (QED) is 0.629. The molecule has 1 fully saturated rings. The number of nitrogens with zero attached hydrogens (tertiary/aromatic N) is 1. The van der Waals surface area contributed by atoms with Gasteiger partial charge in [-0.1, -0.05) is 13.8 Å². The Morgan fingerprint density at radius 1 is 1.44 bits per heavy atom. The molecule has 1 aliphatic rings. The first kappa shape index (κ1) is 19.4. The molecule has 1 N–H and O–H groups in total. The highest BCUT2D eigenvalue weighted by Crippen LogP contribution is 2.35. The lowest BCUT2D eigenvalue weighted by Crippen LogP contribution is -2.47. The third kappa shape index (κ3) is 4.77. The van der Waals surface area contributed by atoms with Gasteiger partial charge in [-0.3, -0.25) is 19.7 Å². The molecule has 0 aromatic carbocycles. The largest absolute Gasteiger partial charge is 0.471 e. The van der Waals surface area contributed by atoms with Crippen molar-refractivity contribution in [3.05, 3.63) is 11.1 Å². The fourth-order valence-electron chi connectivity index (χ4n) is 2.59. The van der Waals surface area contributed by atoms with Crippen LogP contribution in [0.5, 0.6) is 0 Å². The van der Waals surface area contributed by atoms with Crippen LogP contribution in [0.3, 0.4) is 0 Å². The Balaban J connectivity index is 2.03. The van der Waals surface area contributed by atoms with Gasteiger partial charge < -0.3 is 4.74 Å². The molecule has 6 nitrogen and oxygen atoms in total. The van der Waals surface area contributed by atoms with Gasteiger partial charge in [0.1, 0.15) is 17.8 Å². The molecule has 1 amide bonds. The van der Waals surface area contributed by atoms with E-state index in [9.17, 15) is 27.6 Å². The van der Waals surface area contributed by atoms with E-state index in [1.54, 1.807) is 5.32 Å². The van der Waals surface area contributed by atoms with Crippen molar-refractivity contribution in [1.82, 2.24) is 4.98 Å². The summed E-state index contributed by atoms with van der Waals surface area (Å²) in [4.78, 5) is 38.2. The van der Waals surface area contributed by atoms with Crippen molar-refractivity contribution < 1.29 is 32.3 Å². The summed E-state index contributed by atoms with van der Waals surface area (Å²) in [6.45, 7) is 3.67. The number of aryl methyl sites for hydroxylation is 1. The zero-order chi connectivity index (χ0) is 18.8. The van der Waals surface area contributed by atoms with Crippen molar-refractivity contribution in [2.75, 3.05) is 5.32 Å². The molecule has 0 spiro atoms. The Labute approximate surface area is 145 Å². The summed E-state index contributed by atoms with van der Waals surface area (Å²) in [6, 6.07) is 0. The topological polar surface area (TPSA) is 85.4 Å². The minimum atomic E-state index is -4.98. The number of hydrogen-bond acceptors (Lipinski definition) is 6. The van der Waals surface area contributed by atoms with Crippen molar-refractivity contribution in [2.45, 2.75) is 51.3 Å². The number of Topliss-reactive ketones (excluding diaryl/α,β-unsaturated/α-hetero) is 1. The van der Waals surface area contributed by atoms with Crippen LogP contribution < -0.4 is 5.32 Å². The van der Waals surface area contributed by atoms with Crippen LogP contribution in [0.2, 0.25) is 0 Å². The Bertz CT molecular complexity index is 669. The van der Waals surface area contributed by atoms with Crippen molar-refractivity contribution in [3.8, 4) is 0 Å². The van der Waals surface area contributed by atoms with Gasteiger partial charge in [-0.15, -0.1) is 11.3 Å². The number of hydrogen-bond donors (Lipinski definition) is 1. The van der Waals surface area contributed by atoms with E-state index < -0.39 is 23.7 Å². The maximum Gasteiger partial charge on any atom is 0.471 e. The maximum absolute atomic E-state index is 12.2. The number of amides is 1. The molecule has 2 heterocycles. The highest BCUT2D eigenvalue weighted by molar-refractivity contribution is 7.13. The van der Waals surface area contributed by atoms with Crippen molar-refractivity contribution in [3.63, 3.8) is 0 Å². The first-order chi connectivity index (χ1) is 11.5. The predicted molar refractivity (Wildman–Crippen MR) is 83.0 cm³/mol. The fourth-order valence-corrected chi connectivity index (χ4v) is 3.33. The van der Waals surface area contributed by atoms with Crippen molar-refractivity contribution in [1.29, 1.82) is 0 Å². The van der Waals surface area contributed by atoms with E-state index in [0.717, 1.165) is 11.3 Å². The summed E-state index contributed by atoms with van der Waals surface area (Å²) in [5, 5.41) is 3.05. The molecule has 1 aromatic rings. The third-order valence-electron chi connectivity index (χ3n) is 4.04. The number of ketones is 1. The van der Waals surface area contributed by atoms with E-state index in [-0.39, 0.29) is 29.7 Å². The summed E-state index contributed by atoms with van der Waals surface area (Å²) < 4.78 is 42.1. The molecular weight excluding hydrogens is 361 g/mol. The zero-order valence-electron chi connectivity index (χ0n) is 13.6. The summed E-state index contributed by atoms with van der Waals surface area (Å²) in [7, 11) is 0. The highest BCUT2D eigenvalue weighted by Gasteiger charge is 2.43. The number of nitrogens with one attached hydrogen (secondary N) is 1. The van der Waals surface area contributed by atoms with Crippen molar-refractivity contribution >= 4 is 34.1 Å². The van der Waals surface area contributed by atoms with Crippen LogP contribution in [0.1, 0.15) is 38.8 Å². The molecule has 138 valence electrons. The van der Waals surface area contributed by atoms with Crippen LogP contribution in [0, 0.1) is 5.92 Å². The first-order valence-electron chi connectivity index (χ1n) is 7.58. The van der Waals surface area contributed by atoms with Gasteiger partial charge in [0.2, 0.25) is 0 Å². The Hall–Kier alpha value is -1.97. The Kier molecular flexibility index (Phi) is 5.50. The van der Waals surface area contributed by atoms with Crippen LogP contribution in [0.25, 0.3) is 0 Å². The van der Waals surface area contributed by atoms with E-state index in [4.69, 9.17) is 4.74 Å². The Morgan fingerprint density at radius 2 is 2.12 bits per heavy atom. The number of carbonyl (C=O) groups excluding carboxylic acids is 3. The van der Waals surface area contributed by atoms with E-state index >= 15 is 0 Å². The lowest BCUT2D eigenvalue weighted by molar-refractivity contribution is -0.177. The molecule has 1 aromatic heterocycles. The summed E-state index contributed by atoms with van der Waals surface area (Å²) >= 11 is 0.871. The molecular formula is C15H17F3N2O4S. The second-order valence-electron chi connectivity index (χ2n) is 6.18. The average molecular weight is 378 g/mol. The van der Waals surface area contributed by atoms with Crippen LogP contribution in [-0.2, 0) is 25.5 Å². The number of carbonyl (C=O) groups is 3. The van der Waals surface area contributed by atoms with Gasteiger partial charge in [0.25, 0.3) is 0 Å². The molecule has 2 rings (SSSR count). The Morgan fingerprint density at radius 3 is 2.68 bits per heavy atom. The standard InChI is InChI=1S/C15H17F3N2O4S/c1-8(2)14(6-10(21)5-11(22)24-14)4-3-9-7-25-13(19-9)20-12(23)15(16,17)18/h7-8H,3-6H2,1-2H3,(H,19,20,23). The molecule has 1 atom stereocenters. The van der Waals surface area contributed by atoms with E-state index in [2.05, 4.69) is 4.98 Å². The molecule has 0 aliphatic carbocycles. The van der Waals surface area contributed by atoms with Gasteiger partial charge >= 0.3 is 18.1 Å². The second kappa shape index (κ2) is 7.11. The van der Waals surface area contributed by atoms with Gasteiger partial charge in [0, 0.05) is 11.8 Å². The number of ether oxygens (including phenoxy) is 1. The van der Waals surface area contributed by atoms with Crippen LogP contribution in [0.15, 0.2) is 5.38 Å². The number of cyclic esters (lactones) is 1. The molecule has 0 saturated carbocycles. The van der Waals surface area contributed by atoms with Crippen molar-refractivity contribution in [2.24, 2.45) is 5.92 Å². The number of anilines is 1. The minimum Gasteiger partial charge on any atom is -0.458 e. The normalized spacial score (nSPS) is 21.4. The van der Waals surface area contributed by atoms with E-state index in [1.165, 1.54) is 5.38 Å². The molecule has 1 saturated heterocycles. The maximum atomic E-state index is 12.2. The molecule has 25 heavy (non-hydrogen) atoms. The van der Waals surface area contributed by atoms with Gasteiger partial charge in [-0.05, 0) is 18.8 Å². The van der Waals surface area contributed by atoms with Gasteiger partial charge in [0.05, 0.1) is 5.69 Å². The SMILES string of the molecule is CC(C)C1(CCc2csc(NC(=O)C(F)(F)F)n2)CC(=O)CC(=O)O1. The van der Waals surface area contributed by atoms with Gasteiger partial charge in [0.15, 0.2) is 5.13 Å². The summed E-state index contributed by atoms with van der Waals surface area (Å²) in [5.74, 6) is -2.95. The van der Waals surface area contributed by atoms with E-state index in [0.29, 0.717) is 18.5 Å². The summed E-state index contributed by atoms with van der Waals surface area (Å²) in [6.07, 6.45) is -4.49. The molecule has 1 aliphatic heterocycles. The summed E-state index contributed by atoms with van der Waals surface area (Å²) in [5.41, 5.74) is -0.484. The lowest BCUT2D eigenvalue weighted by atomic mass is 9.79. The molecule has 10 heteroatoms. The second-order valence-corrected chi connectivity index (χ2v) is 7.04. The molecule has 0 bridgehead atoms. The molecule has 1 unspecified atom stereocenters. The van der Waals surface area contributed by atoms with Crippen LogP contribution >= 0.6 is 11.3 Å². The first-order valence-corrected chi connectivity index (χ1v) is 8.46. The highest BCUT2D eigenvalue weighted by atomic mass is 32.1. The molecule has 0 radical (unpaired) electrons. The van der Waals surface area contributed by atoms with Gasteiger partial charge in [-0.25, -0.2) is 4.98 Å². The average Bonchev–Trinajstić information content (AvgIpc) is 2.90. The smallest absolute Gasteiger partial charge is 0.458 e. The fraction of sp³-hybridized carbons (Fsp3) is 0.600. The number of esters is 1. The van der Waals surface area contributed by atoms with Crippen LogP contribution in [-0.4, -0.2) is 34.4 Å². The zero-order valence-corrected chi connectivity index (χ0v) is 14.4. The number of aromatic nitrogens is 1. The monoisotopic (exact) mass is 378 g/mol. The number of thiazole rings is 1. The minimum absolute atomic E-state index is 0.108. The number of rotatable bonds is 5. The lowest BCUT2D eigenvalue weighted by Gasteiger charge is -2.39. The predicted octanol–water partition coefficient (Wildman–Crippen LogP) is 2.88.